The van der Waals surface area contributed by atoms with Crippen molar-refractivity contribution < 1.29 is 13.5 Å². The van der Waals surface area contributed by atoms with Crippen molar-refractivity contribution >= 4 is 9.84 Å². The van der Waals surface area contributed by atoms with Crippen LogP contribution < -0.4 is 5.32 Å². The molecule has 0 unspecified atom stereocenters. The van der Waals surface area contributed by atoms with Crippen molar-refractivity contribution in [3.8, 4) is 0 Å². The largest absolute Gasteiger partial charge is 0.392 e. The molecule has 1 aliphatic rings. The molecule has 0 bridgehead atoms. The van der Waals surface area contributed by atoms with Crippen LogP contribution in [0.1, 0.15) is 46.5 Å². The molecule has 0 aromatic heterocycles. The molecule has 0 heterocycles. The molecule has 5 heteroatoms. The maximum absolute atomic E-state index is 11.6. The van der Waals surface area contributed by atoms with Crippen molar-refractivity contribution in [2.75, 3.05) is 12.8 Å². The number of hydrogen-bond donors (Lipinski definition) is 2. The van der Waals surface area contributed by atoms with Crippen molar-refractivity contribution in [3.63, 3.8) is 0 Å². The van der Waals surface area contributed by atoms with Gasteiger partial charge in [0.15, 0.2) is 9.84 Å². The number of rotatable bonds is 5. The van der Waals surface area contributed by atoms with E-state index in [1.54, 1.807) is 0 Å². The van der Waals surface area contributed by atoms with E-state index in [9.17, 15) is 13.5 Å². The summed E-state index contributed by atoms with van der Waals surface area (Å²) < 4.78 is 23.2. The van der Waals surface area contributed by atoms with E-state index in [2.05, 4.69) is 26.1 Å². The zero-order valence-electron chi connectivity index (χ0n) is 11.9. The predicted octanol–water partition coefficient (Wildman–Crippen LogP) is 1.34. The van der Waals surface area contributed by atoms with Crippen molar-refractivity contribution in [2.24, 2.45) is 5.41 Å². The summed E-state index contributed by atoms with van der Waals surface area (Å²) in [7, 11) is -2.98. The minimum absolute atomic E-state index is 0.00891. The molecule has 2 N–H and O–H groups in total. The van der Waals surface area contributed by atoms with Gasteiger partial charge in [-0.15, -0.1) is 0 Å². The van der Waals surface area contributed by atoms with Crippen molar-refractivity contribution in [2.45, 2.75) is 63.9 Å². The first-order valence-electron chi connectivity index (χ1n) is 6.70. The maximum atomic E-state index is 11.6. The summed E-state index contributed by atoms with van der Waals surface area (Å²) in [5, 5.41) is 12.9. The summed E-state index contributed by atoms with van der Waals surface area (Å²) in [6, 6.07) is 0.00891. The van der Waals surface area contributed by atoms with Crippen molar-refractivity contribution in [1.29, 1.82) is 0 Å². The second-order valence-corrected chi connectivity index (χ2v) is 9.00. The number of aliphatic hydroxyl groups is 1. The van der Waals surface area contributed by atoms with Gasteiger partial charge < -0.3 is 10.4 Å². The summed E-state index contributed by atoms with van der Waals surface area (Å²) >= 11 is 0. The second kappa shape index (κ2) is 5.88. The fourth-order valence-corrected chi connectivity index (χ4v) is 4.16. The van der Waals surface area contributed by atoms with E-state index < -0.39 is 15.9 Å². The van der Waals surface area contributed by atoms with E-state index in [4.69, 9.17) is 0 Å². The Morgan fingerprint density at radius 2 is 1.94 bits per heavy atom. The van der Waals surface area contributed by atoms with Crippen LogP contribution in [0.25, 0.3) is 0 Å². The molecule has 0 aliphatic heterocycles. The molecular weight excluding hydrogens is 250 g/mol. The van der Waals surface area contributed by atoms with Crippen LogP contribution in [0, 0.1) is 5.41 Å². The number of aliphatic hydroxyl groups excluding tert-OH is 1. The Morgan fingerprint density at radius 1 is 1.33 bits per heavy atom. The minimum Gasteiger partial charge on any atom is -0.392 e. The lowest BCUT2D eigenvalue weighted by atomic mass is 9.89. The third-order valence-corrected chi connectivity index (χ3v) is 5.13. The fourth-order valence-electron chi connectivity index (χ4n) is 2.74. The van der Waals surface area contributed by atoms with Crippen LogP contribution in [0.3, 0.4) is 0 Å². The topological polar surface area (TPSA) is 66.4 Å². The summed E-state index contributed by atoms with van der Waals surface area (Å²) in [4.78, 5) is 0. The summed E-state index contributed by atoms with van der Waals surface area (Å²) in [5.41, 5.74) is 0.0903. The maximum Gasteiger partial charge on any atom is 0.151 e. The monoisotopic (exact) mass is 277 g/mol. The average molecular weight is 277 g/mol. The third-order valence-electron chi connectivity index (χ3n) is 3.47. The molecule has 1 saturated carbocycles. The molecule has 4 nitrogen and oxygen atoms in total. The van der Waals surface area contributed by atoms with E-state index >= 15 is 0 Å². The van der Waals surface area contributed by atoms with Gasteiger partial charge in [-0.25, -0.2) is 8.42 Å². The molecule has 0 spiro atoms. The van der Waals surface area contributed by atoms with Gasteiger partial charge in [0, 0.05) is 18.8 Å². The first-order chi connectivity index (χ1) is 8.09. The van der Waals surface area contributed by atoms with Gasteiger partial charge in [-0.1, -0.05) is 27.2 Å². The molecule has 1 aliphatic carbocycles. The molecule has 0 aromatic rings. The van der Waals surface area contributed by atoms with E-state index in [1.165, 1.54) is 6.26 Å². The van der Waals surface area contributed by atoms with Crippen LogP contribution in [0.2, 0.25) is 0 Å². The molecular formula is C13H27NO3S. The van der Waals surface area contributed by atoms with Gasteiger partial charge in [-0.3, -0.25) is 0 Å². The molecule has 0 radical (unpaired) electrons. The van der Waals surface area contributed by atoms with Gasteiger partial charge in [0.05, 0.1) is 11.4 Å². The third kappa shape index (κ3) is 5.24. The van der Waals surface area contributed by atoms with Gasteiger partial charge >= 0.3 is 0 Å². The zero-order chi connectivity index (χ0) is 14.0. The average Bonchev–Trinajstić information content (AvgIpc) is 2.58. The van der Waals surface area contributed by atoms with E-state index in [0.717, 1.165) is 25.7 Å². The van der Waals surface area contributed by atoms with Crippen molar-refractivity contribution in [1.82, 2.24) is 5.32 Å². The lowest BCUT2D eigenvalue weighted by molar-refractivity contribution is 0.117. The van der Waals surface area contributed by atoms with Gasteiger partial charge in [0.1, 0.15) is 0 Å². The highest BCUT2D eigenvalue weighted by molar-refractivity contribution is 7.91. The Bertz CT molecular complexity index is 359. The Kier molecular flexibility index (Phi) is 5.21. The lowest BCUT2D eigenvalue weighted by Crippen LogP contribution is -2.43. The summed E-state index contributed by atoms with van der Waals surface area (Å²) in [6.45, 7) is 6.75. The first kappa shape index (κ1) is 15.9. The standard InChI is InChI=1S/C13H27NO3S/c1-13(2,3)8-10(15)9-14-11-6-5-7-12(11)18(4,16)17/h10-12,14-15H,5-9H2,1-4H3/t10-,11-,12-/m0/s1. The number of sulfone groups is 1. The summed E-state index contributed by atoms with van der Waals surface area (Å²) in [6.07, 6.45) is 4.20. The Hall–Kier alpha value is -0.130. The molecule has 0 saturated heterocycles. The smallest absolute Gasteiger partial charge is 0.151 e. The first-order valence-corrected chi connectivity index (χ1v) is 8.65. The Balaban J connectivity index is 2.44. The van der Waals surface area contributed by atoms with E-state index in [-0.39, 0.29) is 16.7 Å². The molecule has 3 atom stereocenters. The molecule has 1 rings (SSSR count). The highest BCUT2D eigenvalue weighted by Crippen LogP contribution is 2.25. The van der Waals surface area contributed by atoms with Gasteiger partial charge in [-0.2, -0.15) is 0 Å². The van der Waals surface area contributed by atoms with Crippen LogP contribution in [0.15, 0.2) is 0 Å². The van der Waals surface area contributed by atoms with Crippen LogP contribution in [-0.4, -0.2) is 43.7 Å². The Labute approximate surface area is 111 Å². The quantitative estimate of drug-likeness (QED) is 0.796. The normalized spacial score (nSPS) is 27.4. The van der Waals surface area contributed by atoms with E-state index in [1.807, 2.05) is 0 Å². The predicted molar refractivity (Wildman–Crippen MR) is 74.4 cm³/mol. The highest BCUT2D eigenvalue weighted by Gasteiger charge is 2.34. The highest BCUT2D eigenvalue weighted by atomic mass is 32.2. The van der Waals surface area contributed by atoms with Crippen LogP contribution in [-0.2, 0) is 9.84 Å². The second-order valence-electron chi connectivity index (χ2n) is 6.73. The van der Waals surface area contributed by atoms with Crippen LogP contribution >= 0.6 is 0 Å². The zero-order valence-corrected chi connectivity index (χ0v) is 12.8. The van der Waals surface area contributed by atoms with Gasteiger partial charge in [0.25, 0.3) is 0 Å². The minimum atomic E-state index is -2.98. The Morgan fingerprint density at radius 3 is 2.44 bits per heavy atom. The fraction of sp³-hybridized carbons (Fsp3) is 1.00. The molecule has 108 valence electrons. The molecule has 1 fully saturated rings. The SMILES string of the molecule is CC(C)(C)C[C@H](O)CN[C@H]1CCC[C@@H]1S(C)(=O)=O. The number of hydrogen-bond acceptors (Lipinski definition) is 4. The molecule has 0 amide bonds. The molecule has 0 aromatic carbocycles. The number of nitrogens with one attached hydrogen (secondary N) is 1. The van der Waals surface area contributed by atoms with Crippen molar-refractivity contribution in [3.05, 3.63) is 0 Å². The van der Waals surface area contributed by atoms with E-state index in [0.29, 0.717) is 6.54 Å². The molecule has 18 heavy (non-hydrogen) atoms. The van der Waals surface area contributed by atoms with Crippen LogP contribution in [0.5, 0.6) is 0 Å². The lowest BCUT2D eigenvalue weighted by Gasteiger charge is -2.25. The van der Waals surface area contributed by atoms with Crippen LogP contribution in [0.4, 0.5) is 0 Å². The van der Waals surface area contributed by atoms with Gasteiger partial charge in [-0.05, 0) is 24.7 Å². The summed E-state index contributed by atoms with van der Waals surface area (Å²) in [5.74, 6) is 0. The van der Waals surface area contributed by atoms with Gasteiger partial charge in [0.2, 0.25) is 0 Å².